The first-order valence-electron chi connectivity index (χ1n) is 5.97. The van der Waals surface area contributed by atoms with Crippen molar-refractivity contribution in [2.24, 2.45) is 0 Å². The maximum atomic E-state index is 12.1. The minimum atomic E-state index is -0.269. The van der Waals surface area contributed by atoms with E-state index in [-0.39, 0.29) is 5.91 Å². The van der Waals surface area contributed by atoms with E-state index in [9.17, 15) is 4.79 Å². The second-order valence-electron chi connectivity index (χ2n) is 4.17. The van der Waals surface area contributed by atoms with Crippen LogP contribution in [0, 0.1) is 6.92 Å². The zero-order valence-electron chi connectivity index (χ0n) is 10.7. The molecule has 0 unspecified atom stereocenters. The monoisotopic (exact) mass is 285 g/mol. The third-order valence-corrected chi connectivity index (χ3v) is 3.39. The number of carbonyl (C=O) groups is 1. The van der Waals surface area contributed by atoms with Gasteiger partial charge in [-0.2, -0.15) is 0 Å². The summed E-state index contributed by atoms with van der Waals surface area (Å²) in [6.45, 7) is 1.78. The van der Waals surface area contributed by atoms with Crippen LogP contribution in [0.1, 0.15) is 16.2 Å². The highest BCUT2D eigenvalue weighted by Crippen LogP contribution is 2.30. The second-order valence-corrected chi connectivity index (χ2v) is 4.88. The first kappa shape index (κ1) is 12.6. The quantitative estimate of drug-likeness (QED) is 0.801. The van der Waals surface area contributed by atoms with Gasteiger partial charge in [0.1, 0.15) is 17.1 Å². The van der Waals surface area contributed by atoms with Crippen LogP contribution in [0.2, 0.25) is 0 Å². The number of nitrogens with zero attached hydrogens (tertiary/aromatic N) is 2. The molecule has 0 saturated heterocycles. The SMILES string of the molecule is Cc1noc(-c2ccccc2)c1NC(=O)c1cscn1. The Morgan fingerprint density at radius 2 is 2.10 bits per heavy atom. The van der Waals surface area contributed by atoms with E-state index >= 15 is 0 Å². The molecule has 5 nitrogen and oxygen atoms in total. The number of carbonyl (C=O) groups excluding carboxylic acids is 1. The van der Waals surface area contributed by atoms with E-state index in [0.717, 1.165) is 5.56 Å². The van der Waals surface area contributed by atoms with Crippen molar-refractivity contribution in [2.45, 2.75) is 6.92 Å². The molecular formula is C14H11N3O2S. The van der Waals surface area contributed by atoms with Crippen molar-refractivity contribution in [2.75, 3.05) is 5.32 Å². The van der Waals surface area contributed by atoms with E-state index < -0.39 is 0 Å². The average Bonchev–Trinajstić information content (AvgIpc) is 3.11. The molecule has 1 N–H and O–H groups in total. The predicted molar refractivity (Wildman–Crippen MR) is 76.7 cm³/mol. The first-order valence-corrected chi connectivity index (χ1v) is 6.91. The molecule has 2 aromatic heterocycles. The number of aromatic nitrogens is 2. The van der Waals surface area contributed by atoms with Gasteiger partial charge in [0.15, 0.2) is 5.76 Å². The van der Waals surface area contributed by atoms with Crippen LogP contribution < -0.4 is 5.32 Å². The number of anilines is 1. The van der Waals surface area contributed by atoms with Crippen LogP contribution in [0.3, 0.4) is 0 Å². The number of hydrogen-bond acceptors (Lipinski definition) is 5. The number of rotatable bonds is 3. The van der Waals surface area contributed by atoms with E-state index in [1.807, 2.05) is 30.3 Å². The van der Waals surface area contributed by atoms with Crippen molar-refractivity contribution < 1.29 is 9.32 Å². The molecule has 0 spiro atoms. The van der Waals surface area contributed by atoms with E-state index in [1.165, 1.54) is 11.3 Å². The van der Waals surface area contributed by atoms with E-state index in [1.54, 1.807) is 17.8 Å². The third kappa shape index (κ3) is 2.33. The normalized spacial score (nSPS) is 10.4. The standard InChI is InChI=1S/C14H11N3O2S/c1-9-12(16-14(18)11-7-20-8-15-11)13(19-17-9)10-5-3-2-4-6-10/h2-8H,1H3,(H,16,18). The van der Waals surface area contributed by atoms with Gasteiger partial charge in [0.05, 0.1) is 5.51 Å². The molecule has 0 aliphatic heterocycles. The van der Waals surface area contributed by atoms with Gasteiger partial charge >= 0.3 is 0 Å². The number of aryl methyl sites for hydroxylation is 1. The summed E-state index contributed by atoms with van der Waals surface area (Å²) in [6.07, 6.45) is 0. The molecule has 0 fully saturated rings. The molecule has 0 bridgehead atoms. The van der Waals surface area contributed by atoms with Crippen molar-refractivity contribution in [3.63, 3.8) is 0 Å². The molecular weight excluding hydrogens is 274 g/mol. The summed E-state index contributed by atoms with van der Waals surface area (Å²) in [5, 5.41) is 8.42. The number of thiazole rings is 1. The van der Waals surface area contributed by atoms with Crippen LogP contribution in [0.15, 0.2) is 45.7 Å². The lowest BCUT2D eigenvalue weighted by Crippen LogP contribution is -2.13. The van der Waals surface area contributed by atoms with Gasteiger partial charge in [0, 0.05) is 10.9 Å². The molecule has 0 atom stereocenters. The Morgan fingerprint density at radius 3 is 2.80 bits per heavy atom. The van der Waals surface area contributed by atoms with E-state index in [4.69, 9.17) is 4.52 Å². The van der Waals surface area contributed by atoms with Crippen LogP contribution in [0.5, 0.6) is 0 Å². The van der Waals surface area contributed by atoms with Gasteiger partial charge in [0.25, 0.3) is 5.91 Å². The molecule has 100 valence electrons. The lowest BCUT2D eigenvalue weighted by Gasteiger charge is -2.04. The van der Waals surface area contributed by atoms with E-state index in [2.05, 4.69) is 15.5 Å². The number of benzene rings is 1. The Bertz CT molecular complexity index is 720. The molecule has 0 radical (unpaired) electrons. The van der Waals surface area contributed by atoms with Gasteiger partial charge in [-0.25, -0.2) is 4.98 Å². The van der Waals surface area contributed by atoms with Gasteiger partial charge in [-0.3, -0.25) is 4.79 Å². The fourth-order valence-corrected chi connectivity index (χ4v) is 2.34. The Balaban J connectivity index is 1.94. The van der Waals surface area contributed by atoms with Crippen molar-refractivity contribution in [1.82, 2.24) is 10.1 Å². The summed E-state index contributed by atoms with van der Waals surface area (Å²) in [5.41, 5.74) is 4.07. The fraction of sp³-hybridized carbons (Fsp3) is 0.0714. The summed E-state index contributed by atoms with van der Waals surface area (Å²) in [5.74, 6) is 0.279. The maximum absolute atomic E-state index is 12.1. The van der Waals surface area contributed by atoms with Gasteiger partial charge in [-0.15, -0.1) is 11.3 Å². The minimum absolute atomic E-state index is 0.269. The summed E-state index contributed by atoms with van der Waals surface area (Å²) < 4.78 is 5.32. The van der Waals surface area contributed by atoms with E-state index in [0.29, 0.717) is 22.8 Å². The van der Waals surface area contributed by atoms with Gasteiger partial charge in [-0.05, 0) is 6.92 Å². The molecule has 1 aromatic carbocycles. The topological polar surface area (TPSA) is 68.0 Å². The zero-order chi connectivity index (χ0) is 13.9. The smallest absolute Gasteiger partial charge is 0.275 e. The zero-order valence-corrected chi connectivity index (χ0v) is 11.5. The fourth-order valence-electron chi connectivity index (χ4n) is 1.81. The number of amides is 1. The molecule has 0 aliphatic rings. The largest absolute Gasteiger partial charge is 0.354 e. The molecule has 3 rings (SSSR count). The second kappa shape index (κ2) is 5.26. The Hall–Kier alpha value is -2.47. The molecule has 2 heterocycles. The summed E-state index contributed by atoms with van der Waals surface area (Å²) in [6, 6.07) is 9.52. The molecule has 0 aliphatic carbocycles. The number of nitrogens with one attached hydrogen (secondary N) is 1. The van der Waals surface area contributed by atoms with Gasteiger partial charge < -0.3 is 9.84 Å². The molecule has 20 heavy (non-hydrogen) atoms. The Kier molecular flexibility index (Phi) is 3.30. The first-order chi connectivity index (χ1) is 9.75. The van der Waals surface area contributed by atoms with Gasteiger partial charge in [0.2, 0.25) is 0 Å². The lowest BCUT2D eigenvalue weighted by molar-refractivity contribution is 0.102. The highest BCUT2D eigenvalue weighted by molar-refractivity contribution is 7.07. The lowest BCUT2D eigenvalue weighted by atomic mass is 10.1. The Labute approximate surface area is 119 Å². The van der Waals surface area contributed by atoms with Crippen LogP contribution >= 0.6 is 11.3 Å². The van der Waals surface area contributed by atoms with Crippen LogP contribution in [0.25, 0.3) is 11.3 Å². The van der Waals surface area contributed by atoms with Gasteiger partial charge in [-0.1, -0.05) is 35.5 Å². The van der Waals surface area contributed by atoms with Crippen LogP contribution in [-0.4, -0.2) is 16.0 Å². The van der Waals surface area contributed by atoms with Crippen LogP contribution in [-0.2, 0) is 0 Å². The predicted octanol–water partition coefficient (Wildman–Crippen LogP) is 3.36. The van der Waals surface area contributed by atoms with Crippen molar-refractivity contribution in [3.05, 3.63) is 52.6 Å². The van der Waals surface area contributed by atoms with Crippen molar-refractivity contribution in [3.8, 4) is 11.3 Å². The van der Waals surface area contributed by atoms with Crippen molar-refractivity contribution >= 4 is 22.9 Å². The molecule has 0 saturated carbocycles. The minimum Gasteiger partial charge on any atom is -0.354 e. The molecule has 3 aromatic rings. The number of hydrogen-bond donors (Lipinski definition) is 1. The summed E-state index contributed by atoms with van der Waals surface area (Å²) >= 11 is 1.37. The highest BCUT2D eigenvalue weighted by atomic mass is 32.1. The Morgan fingerprint density at radius 1 is 1.30 bits per heavy atom. The highest BCUT2D eigenvalue weighted by Gasteiger charge is 2.18. The van der Waals surface area contributed by atoms with Crippen molar-refractivity contribution in [1.29, 1.82) is 0 Å². The maximum Gasteiger partial charge on any atom is 0.275 e. The molecule has 6 heteroatoms. The summed E-state index contributed by atoms with van der Waals surface area (Å²) in [7, 11) is 0. The summed E-state index contributed by atoms with van der Waals surface area (Å²) in [4.78, 5) is 16.1. The van der Waals surface area contributed by atoms with Crippen LogP contribution in [0.4, 0.5) is 5.69 Å². The third-order valence-electron chi connectivity index (χ3n) is 2.80. The molecule has 1 amide bonds. The average molecular weight is 285 g/mol.